The Morgan fingerprint density at radius 2 is 1.76 bits per heavy atom. The van der Waals surface area contributed by atoms with Crippen molar-refractivity contribution in [2.24, 2.45) is 7.05 Å². The fourth-order valence-corrected chi connectivity index (χ4v) is 3.68. The van der Waals surface area contributed by atoms with Gasteiger partial charge in [-0.2, -0.15) is 5.10 Å². The molecule has 4 aromatic rings. The van der Waals surface area contributed by atoms with Gasteiger partial charge in [0.05, 0.1) is 11.9 Å². The van der Waals surface area contributed by atoms with Crippen LogP contribution in [-0.2, 0) is 20.0 Å². The van der Waals surface area contributed by atoms with Gasteiger partial charge >= 0.3 is 0 Å². The largest absolute Gasteiger partial charge is 0.441 e. The van der Waals surface area contributed by atoms with Gasteiger partial charge in [0, 0.05) is 31.0 Å². The van der Waals surface area contributed by atoms with E-state index in [1.807, 2.05) is 30.3 Å². The van der Waals surface area contributed by atoms with Crippen LogP contribution in [0.25, 0.3) is 22.2 Å². The topological polar surface area (TPSA) is 81.2 Å². The van der Waals surface area contributed by atoms with E-state index in [-0.39, 0.29) is 17.2 Å². The summed E-state index contributed by atoms with van der Waals surface area (Å²) in [7, 11) is 1.56. The van der Waals surface area contributed by atoms with E-state index in [0.29, 0.717) is 36.2 Å². The van der Waals surface area contributed by atoms with Crippen molar-refractivity contribution in [2.45, 2.75) is 13.0 Å². The minimum absolute atomic E-state index is 0.216. The van der Waals surface area contributed by atoms with E-state index in [0.717, 1.165) is 17.0 Å². The molecule has 0 radical (unpaired) electrons. The predicted octanol–water partition coefficient (Wildman–Crippen LogP) is 2.79. The van der Waals surface area contributed by atoms with Crippen molar-refractivity contribution >= 4 is 16.7 Å². The van der Waals surface area contributed by atoms with Crippen LogP contribution >= 0.6 is 0 Å². The van der Waals surface area contributed by atoms with Crippen LogP contribution in [0.2, 0.25) is 0 Å². The van der Waals surface area contributed by atoms with Crippen molar-refractivity contribution < 1.29 is 9.21 Å². The number of rotatable bonds is 2. The normalized spacial score (nSPS) is 13.5. The molecule has 3 heterocycles. The van der Waals surface area contributed by atoms with Gasteiger partial charge < -0.3 is 9.32 Å². The average Bonchev–Trinajstić information content (AvgIpc) is 3.20. The molecule has 0 saturated carbocycles. The molecule has 2 aromatic heterocycles. The van der Waals surface area contributed by atoms with Crippen LogP contribution in [0.5, 0.6) is 0 Å². The zero-order valence-corrected chi connectivity index (χ0v) is 15.8. The number of amides is 1. The fourth-order valence-electron chi connectivity index (χ4n) is 3.68. The monoisotopic (exact) mass is 386 g/mol. The van der Waals surface area contributed by atoms with Crippen LogP contribution in [0.4, 0.5) is 0 Å². The van der Waals surface area contributed by atoms with Crippen LogP contribution in [0.3, 0.4) is 0 Å². The number of benzene rings is 2. The Bertz CT molecular complexity index is 1290. The summed E-state index contributed by atoms with van der Waals surface area (Å²) in [6.07, 6.45) is 0.588. The lowest BCUT2D eigenvalue weighted by atomic mass is 10.1. The molecule has 7 heteroatoms. The van der Waals surface area contributed by atoms with Gasteiger partial charge in [-0.15, -0.1) is 0 Å². The molecule has 2 aromatic carbocycles. The number of nitrogens with zero attached hydrogens (tertiary/aromatic N) is 4. The number of hydrogen-bond acceptors (Lipinski definition) is 5. The van der Waals surface area contributed by atoms with Crippen LogP contribution in [0.15, 0.2) is 63.8 Å². The minimum atomic E-state index is -0.220. The number of oxazole rings is 1. The Morgan fingerprint density at radius 3 is 2.55 bits per heavy atom. The first-order chi connectivity index (χ1) is 14.1. The predicted molar refractivity (Wildman–Crippen MR) is 107 cm³/mol. The summed E-state index contributed by atoms with van der Waals surface area (Å²) in [5.41, 5.74) is 1.73. The van der Waals surface area contributed by atoms with Gasteiger partial charge in [0.15, 0.2) is 5.69 Å². The van der Waals surface area contributed by atoms with Crippen LogP contribution in [0, 0.1) is 0 Å². The molecule has 1 aliphatic heterocycles. The third-order valence-corrected chi connectivity index (χ3v) is 5.19. The Labute approximate surface area is 166 Å². The first-order valence-electron chi connectivity index (χ1n) is 9.41. The number of fused-ring (bicyclic) bond motifs is 2. The number of carbonyl (C=O) groups excluding carboxylic acids is 1. The standard InChI is InChI=1S/C22H18N4O3/c1-25-21(27)16-10-6-5-9-15(16)19(24-25)22(28)26-12-11-18-17(13-26)23-20(29-18)14-7-3-2-4-8-14/h2-10H,11-13H2,1H3. The van der Waals surface area contributed by atoms with Crippen molar-refractivity contribution in [3.63, 3.8) is 0 Å². The molecule has 0 N–H and O–H groups in total. The van der Waals surface area contributed by atoms with Gasteiger partial charge in [0.25, 0.3) is 11.5 Å². The van der Waals surface area contributed by atoms with E-state index < -0.39 is 0 Å². The summed E-state index contributed by atoms with van der Waals surface area (Å²) in [6, 6.07) is 16.8. The number of hydrogen-bond donors (Lipinski definition) is 0. The SMILES string of the molecule is Cn1nc(C(=O)N2CCc3oc(-c4ccccc4)nc3C2)c2ccccc2c1=O. The summed E-state index contributed by atoms with van der Waals surface area (Å²) in [4.78, 5) is 31.9. The van der Waals surface area contributed by atoms with E-state index in [4.69, 9.17) is 4.42 Å². The molecule has 7 nitrogen and oxygen atoms in total. The molecule has 0 bridgehead atoms. The number of aromatic nitrogens is 3. The van der Waals surface area contributed by atoms with Crippen LogP contribution in [0.1, 0.15) is 21.9 Å². The van der Waals surface area contributed by atoms with Crippen molar-refractivity contribution in [2.75, 3.05) is 6.54 Å². The summed E-state index contributed by atoms with van der Waals surface area (Å²) in [5.74, 6) is 1.16. The Morgan fingerprint density at radius 1 is 1.03 bits per heavy atom. The van der Waals surface area contributed by atoms with Crippen molar-refractivity contribution in [1.29, 1.82) is 0 Å². The van der Waals surface area contributed by atoms with E-state index in [2.05, 4.69) is 10.1 Å². The highest BCUT2D eigenvalue weighted by atomic mass is 16.4. The summed E-state index contributed by atoms with van der Waals surface area (Å²) in [6.45, 7) is 0.859. The lowest BCUT2D eigenvalue weighted by Gasteiger charge is -2.25. The van der Waals surface area contributed by atoms with E-state index >= 15 is 0 Å². The van der Waals surface area contributed by atoms with Crippen LogP contribution < -0.4 is 5.56 Å². The molecule has 29 heavy (non-hydrogen) atoms. The maximum Gasteiger partial charge on any atom is 0.275 e. The maximum atomic E-state index is 13.3. The zero-order valence-electron chi connectivity index (χ0n) is 15.8. The van der Waals surface area contributed by atoms with Gasteiger partial charge in [-0.1, -0.05) is 36.4 Å². The van der Waals surface area contributed by atoms with Gasteiger partial charge in [0.1, 0.15) is 11.5 Å². The van der Waals surface area contributed by atoms with Crippen molar-refractivity contribution in [3.8, 4) is 11.5 Å². The second-order valence-corrected chi connectivity index (χ2v) is 7.05. The molecular weight excluding hydrogens is 368 g/mol. The van der Waals surface area contributed by atoms with E-state index in [1.165, 1.54) is 4.68 Å². The fraction of sp³-hybridized carbons (Fsp3) is 0.182. The molecule has 5 rings (SSSR count). The van der Waals surface area contributed by atoms with Crippen molar-refractivity contribution in [3.05, 3.63) is 82.1 Å². The average molecular weight is 386 g/mol. The van der Waals surface area contributed by atoms with Crippen LogP contribution in [-0.4, -0.2) is 32.1 Å². The Balaban J connectivity index is 1.49. The molecule has 0 spiro atoms. The van der Waals surface area contributed by atoms with Gasteiger partial charge in [-0.05, 0) is 18.2 Å². The summed E-state index contributed by atoms with van der Waals surface area (Å²) < 4.78 is 7.14. The molecule has 0 aliphatic carbocycles. The van der Waals surface area contributed by atoms with E-state index in [1.54, 1.807) is 36.2 Å². The lowest BCUT2D eigenvalue weighted by Crippen LogP contribution is -2.37. The smallest absolute Gasteiger partial charge is 0.275 e. The molecule has 0 unspecified atom stereocenters. The number of carbonyl (C=O) groups is 1. The third-order valence-electron chi connectivity index (χ3n) is 5.19. The van der Waals surface area contributed by atoms with E-state index in [9.17, 15) is 9.59 Å². The lowest BCUT2D eigenvalue weighted by molar-refractivity contribution is 0.0721. The molecular formula is C22H18N4O3. The summed E-state index contributed by atoms with van der Waals surface area (Å²) in [5, 5.41) is 5.31. The first-order valence-corrected chi connectivity index (χ1v) is 9.41. The molecule has 0 fully saturated rings. The highest BCUT2D eigenvalue weighted by Gasteiger charge is 2.28. The first kappa shape index (κ1) is 17.4. The van der Waals surface area contributed by atoms with Crippen molar-refractivity contribution in [1.82, 2.24) is 19.7 Å². The molecule has 1 aliphatic rings. The summed E-state index contributed by atoms with van der Waals surface area (Å²) >= 11 is 0. The number of aryl methyl sites for hydroxylation is 1. The second kappa shape index (κ2) is 6.70. The van der Waals surface area contributed by atoms with Gasteiger partial charge in [-0.3, -0.25) is 9.59 Å². The molecule has 144 valence electrons. The minimum Gasteiger partial charge on any atom is -0.441 e. The van der Waals surface area contributed by atoms with Gasteiger partial charge in [-0.25, -0.2) is 9.67 Å². The van der Waals surface area contributed by atoms with Gasteiger partial charge in [0.2, 0.25) is 5.89 Å². The maximum absolute atomic E-state index is 13.3. The molecule has 1 amide bonds. The third kappa shape index (κ3) is 2.91. The zero-order chi connectivity index (χ0) is 20.0. The molecule has 0 saturated heterocycles. The highest BCUT2D eigenvalue weighted by Crippen LogP contribution is 2.27. The highest BCUT2D eigenvalue weighted by molar-refractivity contribution is 6.04. The second-order valence-electron chi connectivity index (χ2n) is 7.05. The quantitative estimate of drug-likeness (QED) is 0.529. The Kier molecular flexibility index (Phi) is 4.01. The Hall–Kier alpha value is -3.74. The molecule has 0 atom stereocenters.